The average Bonchev–Trinajstić information content (AvgIpc) is 2.01. The maximum Gasteiger partial charge on any atom is 0.234 e. The molecular formula is C9H16ClN3O. The largest absolute Gasteiger partial charge is 0.353 e. The first-order valence-corrected chi connectivity index (χ1v) is 4.91. The molecule has 80 valence electrons. The fourth-order valence-corrected chi connectivity index (χ4v) is 1.23. The monoisotopic (exact) mass is 217 g/mol. The molecule has 0 saturated carbocycles. The van der Waals surface area contributed by atoms with Crippen LogP contribution < -0.4 is 5.32 Å². The van der Waals surface area contributed by atoms with Crippen LogP contribution in [-0.2, 0) is 4.79 Å². The number of likely N-dealkylation sites (N-methyl/N-ethyl adjacent to an activating group) is 1. The highest BCUT2D eigenvalue weighted by Gasteiger charge is 2.11. The third-order valence-corrected chi connectivity index (χ3v) is 1.71. The van der Waals surface area contributed by atoms with Crippen molar-refractivity contribution in [1.29, 1.82) is 5.26 Å². The van der Waals surface area contributed by atoms with E-state index in [9.17, 15) is 4.79 Å². The Morgan fingerprint density at radius 2 is 2.21 bits per heavy atom. The molecule has 0 rings (SSSR count). The third-order valence-electron chi connectivity index (χ3n) is 1.48. The van der Waals surface area contributed by atoms with Crippen molar-refractivity contribution < 1.29 is 4.79 Å². The number of carbonyl (C=O) groups excluding carboxylic acids is 1. The van der Waals surface area contributed by atoms with Crippen LogP contribution in [0.5, 0.6) is 0 Å². The molecule has 1 atom stereocenters. The molecule has 0 bridgehead atoms. The van der Waals surface area contributed by atoms with Crippen LogP contribution in [0.4, 0.5) is 0 Å². The predicted molar refractivity (Wildman–Crippen MR) is 56.0 cm³/mol. The predicted octanol–water partition coefficient (Wildman–Crippen LogP) is 0.574. The molecule has 0 spiro atoms. The number of alkyl halides is 1. The topological polar surface area (TPSA) is 56.1 Å². The molecule has 0 aromatic rings. The maximum absolute atomic E-state index is 11.3. The van der Waals surface area contributed by atoms with Crippen LogP contribution in [0.15, 0.2) is 0 Å². The zero-order valence-corrected chi connectivity index (χ0v) is 9.51. The van der Waals surface area contributed by atoms with Gasteiger partial charge in [-0.15, -0.1) is 11.6 Å². The van der Waals surface area contributed by atoms with Crippen LogP contribution >= 0.6 is 11.6 Å². The van der Waals surface area contributed by atoms with Crippen molar-refractivity contribution in [2.45, 2.75) is 25.3 Å². The number of nitrogens with one attached hydrogen (secondary N) is 1. The van der Waals surface area contributed by atoms with Crippen molar-refractivity contribution in [3.05, 3.63) is 0 Å². The lowest BCUT2D eigenvalue weighted by molar-refractivity contribution is -0.122. The third kappa shape index (κ3) is 6.70. The van der Waals surface area contributed by atoms with E-state index in [1.54, 1.807) is 11.9 Å². The van der Waals surface area contributed by atoms with Crippen LogP contribution in [0.1, 0.15) is 13.8 Å². The SMILES string of the molecule is CC(C)NC(=O)CN(C)CC(Cl)C#N. The molecule has 0 saturated heterocycles. The Morgan fingerprint density at radius 1 is 1.64 bits per heavy atom. The smallest absolute Gasteiger partial charge is 0.234 e. The summed E-state index contributed by atoms with van der Waals surface area (Å²) in [6.07, 6.45) is 0. The van der Waals surface area contributed by atoms with Crippen LogP contribution in [0.2, 0.25) is 0 Å². The van der Waals surface area contributed by atoms with E-state index >= 15 is 0 Å². The van der Waals surface area contributed by atoms with Gasteiger partial charge in [0.25, 0.3) is 0 Å². The first-order chi connectivity index (χ1) is 6.45. The van der Waals surface area contributed by atoms with Crippen LogP contribution in [0, 0.1) is 11.3 Å². The van der Waals surface area contributed by atoms with Gasteiger partial charge in [0.2, 0.25) is 5.91 Å². The summed E-state index contributed by atoms with van der Waals surface area (Å²) < 4.78 is 0. The number of nitrogens with zero attached hydrogens (tertiary/aromatic N) is 2. The Labute approximate surface area is 89.8 Å². The molecule has 4 nitrogen and oxygen atoms in total. The number of amides is 1. The minimum atomic E-state index is -0.563. The van der Waals surface area contributed by atoms with Crippen molar-refractivity contribution in [3.63, 3.8) is 0 Å². The zero-order valence-electron chi connectivity index (χ0n) is 8.75. The van der Waals surface area contributed by atoms with Gasteiger partial charge in [0.15, 0.2) is 0 Å². The Balaban J connectivity index is 3.78. The van der Waals surface area contributed by atoms with E-state index in [1.807, 2.05) is 19.9 Å². The number of hydrogen-bond acceptors (Lipinski definition) is 3. The van der Waals surface area contributed by atoms with Gasteiger partial charge in [-0.3, -0.25) is 9.69 Å². The summed E-state index contributed by atoms with van der Waals surface area (Å²) in [5, 5.41) is 10.6. The fraction of sp³-hybridized carbons (Fsp3) is 0.778. The highest BCUT2D eigenvalue weighted by molar-refractivity contribution is 6.22. The molecule has 14 heavy (non-hydrogen) atoms. The van der Waals surface area contributed by atoms with Gasteiger partial charge in [0.1, 0.15) is 5.38 Å². The van der Waals surface area contributed by atoms with Gasteiger partial charge < -0.3 is 5.32 Å². The standard InChI is InChI=1S/C9H16ClN3O/c1-7(2)12-9(14)6-13(3)5-8(10)4-11/h7-8H,5-6H2,1-3H3,(H,12,14). The van der Waals surface area contributed by atoms with Gasteiger partial charge in [-0.05, 0) is 20.9 Å². The highest BCUT2D eigenvalue weighted by Crippen LogP contribution is 1.96. The van der Waals surface area contributed by atoms with E-state index in [4.69, 9.17) is 16.9 Å². The minimum Gasteiger partial charge on any atom is -0.353 e. The Kier molecular flexibility index (Phi) is 6.26. The average molecular weight is 218 g/mol. The van der Waals surface area contributed by atoms with Gasteiger partial charge in [0, 0.05) is 12.6 Å². The summed E-state index contributed by atoms with van der Waals surface area (Å²) >= 11 is 5.61. The van der Waals surface area contributed by atoms with Crippen LogP contribution in [0.3, 0.4) is 0 Å². The molecule has 0 aliphatic rings. The molecular weight excluding hydrogens is 202 g/mol. The summed E-state index contributed by atoms with van der Waals surface area (Å²) in [6, 6.07) is 2.04. The molecule has 0 aromatic heterocycles. The Bertz CT molecular complexity index is 225. The van der Waals surface area contributed by atoms with Crippen LogP contribution in [-0.4, -0.2) is 42.4 Å². The maximum atomic E-state index is 11.3. The molecule has 0 aliphatic carbocycles. The Hall–Kier alpha value is -0.790. The van der Waals surface area contributed by atoms with Crippen molar-refractivity contribution in [1.82, 2.24) is 10.2 Å². The lowest BCUT2D eigenvalue weighted by Gasteiger charge is -2.17. The van der Waals surface area contributed by atoms with Crippen molar-refractivity contribution >= 4 is 17.5 Å². The number of halogens is 1. The molecule has 0 heterocycles. The molecule has 1 N–H and O–H groups in total. The Morgan fingerprint density at radius 3 is 2.64 bits per heavy atom. The second kappa shape index (κ2) is 6.63. The molecule has 0 aliphatic heterocycles. The van der Waals surface area contributed by atoms with Gasteiger partial charge >= 0.3 is 0 Å². The van der Waals surface area contributed by atoms with E-state index in [2.05, 4.69) is 5.32 Å². The lowest BCUT2D eigenvalue weighted by atomic mass is 10.3. The molecule has 5 heteroatoms. The second-order valence-electron chi connectivity index (χ2n) is 3.52. The quantitative estimate of drug-likeness (QED) is 0.686. The number of hydrogen-bond donors (Lipinski definition) is 1. The highest BCUT2D eigenvalue weighted by atomic mass is 35.5. The normalized spacial score (nSPS) is 12.6. The number of rotatable bonds is 5. The van der Waals surface area contributed by atoms with E-state index in [0.29, 0.717) is 6.54 Å². The van der Waals surface area contributed by atoms with Crippen molar-refractivity contribution in [3.8, 4) is 6.07 Å². The number of carbonyl (C=O) groups is 1. The van der Waals surface area contributed by atoms with Gasteiger partial charge in [-0.25, -0.2) is 0 Å². The van der Waals surface area contributed by atoms with Crippen LogP contribution in [0.25, 0.3) is 0 Å². The van der Waals surface area contributed by atoms with Gasteiger partial charge in [0.05, 0.1) is 12.6 Å². The van der Waals surface area contributed by atoms with E-state index < -0.39 is 5.38 Å². The van der Waals surface area contributed by atoms with Gasteiger partial charge in [-0.1, -0.05) is 0 Å². The summed E-state index contributed by atoms with van der Waals surface area (Å²) in [5.41, 5.74) is 0. The van der Waals surface area contributed by atoms with E-state index in [-0.39, 0.29) is 18.5 Å². The molecule has 0 radical (unpaired) electrons. The fourth-order valence-electron chi connectivity index (χ4n) is 0.992. The number of nitriles is 1. The van der Waals surface area contributed by atoms with Crippen molar-refractivity contribution in [2.75, 3.05) is 20.1 Å². The van der Waals surface area contributed by atoms with Crippen molar-refractivity contribution in [2.24, 2.45) is 0 Å². The van der Waals surface area contributed by atoms with Gasteiger partial charge in [-0.2, -0.15) is 5.26 Å². The molecule has 1 amide bonds. The minimum absolute atomic E-state index is 0.0516. The van der Waals surface area contributed by atoms with E-state index in [1.165, 1.54) is 0 Å². The summed E-state index contributed by atoms with van der Waals surface area (Å²) in [5.74, 6) is -0.0516. The summed E-state index contributed by atoms with van der Waals surface area (Å²) in [7, 11) is 1.76. The first-order valence-electron chi connectivity index (χ1n) is 4.47. The first kappa shape index (κ1) is 13.2. The lowest BCUT2D eigenvalue weighted by Crippen LogP contribution is -2.40. The second-order valence-corrected chi connectivity index (χ2v) is 4.04. The van der Waals surface area contributed by atoms with E-state index in [0.717, 1.165) is 0 Å². The summed E-state index contributed by atoms with van der Waals surface area (Å²) in [4.78, 5) is 13.0. The summed E-state index contributed by atoms with van der Waals surface area (Å²) in [6.45, 7) is 4.46. The molecule has 0 aromatic carbocycles. The molecule has 1 unspecified atom stereocenters. The zero-order chi connectivity index (χ0) is 11.1. The molecule has 0 fully saturated rings.